The molecule has 1 aliphatic heterocycles. The molecule has 0 aromatic heterocycles. The van der Waals surface area contributed by atoms with Crippen LogP contribution in [0.5, 0.6) is 0 Å². The molecule has 1 atom stereocenters. The van der Waals surface area contributed by atoms with Gasteiger partial charge >= 0.3 is 0 Å². The van der Waals surface area contributed by atoms with Crippen LogP contribution in [0.25, 0.3) is 0 Å². The van der Waals surface area contributed by atoms with Gasteiger partial charge in [-0.2, -0.15) is 0 Å². The van der Waals surface area contributed by atoms with Crippen molar-refractivity contribution in [2.75, 3.05) is 13.1 Å². The van der Waals surface area contributed by atoms with Crippen molar-refractivity contribution in [1.82, 2.24) is 10.2 Å². The van der Waals surface area contributed by atoms with E-state index in [1.54, 1.807) is 12.1 Å². The van der Waals surface area contributed by atoms with E-state index in [1.807, 2.05) is 4.90 Å². The van der Waals surface area contributed by atoms with Crippen molar-refractivity contribution >= 4 is 11.6 Å². The summed E-state index contributed by atoms with van der Waals surface area (Å²) in [5.74, 6) is 0.975. The van der Waals surface area contributed by atoms with Crippen LogP contribution in [0.2, 0.25) is 0 Å². The minimum Gasteiger partial charge on any atom is -0.322 e. The van der Waals surface area contributed by atoms with Gasteiger partial charge in [0.15, 0.2) is 0 Å². The lowest BCUT2D eigenvalue weighted by molar-refractivity contribution is -0.384. The summed E-state index contributed by atoms with van der Waals surface area (Å²) in [5.41, 5.74) is 0.973. The summed E-state index contributed by atoms with van der Waals surface area (Å²) in [5, 5.41) is 13.9. The zero-order valence-electron chi connectivity index (χ0n) is 11.8. The summed E-state index contributed by atoms with van der Waals surface area (Å²) in [4.78, 5) is 24.1. The average molecular weight is 289 g/mol. The second kappa shape index (κ2) is 5.81. The monoisotopic (exact) mass is 289 g/mol. The van der Waals surface area contributed by atoms with Gasteiger partial charge in [0.25, 0.3) is 5.69 Å². The normalized spacial score (nSPS) is 21.8. The van der Waals surface area contributed by atoms with Crippen LogP contribution >= 0.6 is 0 Å². The van der Waals surface area contributed by atoms with Gasteiger partial charge in [0.05, 0.1) is 11.5 Å². The molecule has 2 fully saturated rings. The molecule has 3 rings (SSSR count). The molecular formula is C15H19N3O3. The highest BCUT2D eigenvalue weighted by atomic mass is 16.6. The van der Waals surface area contributed by atoms with Gasteiger partial charge in [-0.05, 0) is 36.5 Å². The molecule has 0 radical (unpaired) electrons. The molecule has 112 valence electrons. The Morgan fingerprint density at radius 3 is 2.62 bits per heavy atom. The molecule has 0 bridgehead atoms. The molecule has 1 aromatic carbocycles. The third-order valence-electron chi connectivity index (χ3n) is 4.21. The Labute approximate surface area is 123 Å². The topological polar surface area (TPSA) is 75.5 Å². The number of benzene rings is 1. The lowest BCUT2D eigenvalue weighted by Crippen LogP contribution is -2.31. The number of hydrogen-bond acceptors (Lipinski definition) is 4. The molecule has 1 aliphatic carbocycles. The number of carbonyl (C=O) groups excluding carboxylic acids is 1. The van der Waals surface area contributed by atoms with Crippen LogP contribution in [0.4, 0.5) is 5.69 Å². The van der Waals surface area contributed by atoms with Crippen molar-refractivity contribution in [2.24, 2.45) is 5.92 Å². The first-order valence-electron chi connectivity index (χ1n) is 7.42. The van der Waals surface area contributed by atoms with Crippen LogP contribution in [-0.4, -0.2) is 28.8 Å². The van der Waals surface area contributed by atoms with Gasteiger partial charge in [-0.25, -0.2) is 0 Å². The maximum atomic E-state index is 12.0. The van der Waals surface area contributed by atoms with Gasteiger partial charge in [-0.1, -0.05) is 12.8 Å². The molecule has 6 heteroatoms. The summed E-state index contributed by atoms with van der Waals surface area (Å²) in [7, 11) is 0. The number of amides is 1. The highest BCUT2D eigenvalue weighted by molar-refractivity contribution is 5.80. The Morgan fingerprint density at radius 1 is 1.29 bits per heavy atom. The second-order valence-corrected chi connectivity index (χ2v) is 5.80. The highest BCUT2D eigenvalue weighted by Gasteiger charge is 2.31. The zero-order valence-corrected chi connectivity index (χ0v) is 11.8. The minimum atomic E-state index is -0.412. The summed E-state index contributed by atoms with van der Waals surface area (Å²) >= 11 is 0. The molecule has 1 amide bonds. The predicted octanol–water partition coefficient (Wildman–Crippen LogP) is 2.22. The van der Waals surface area contributed by atoms with Crippen molar-refractivity contribution in [3.8, 4) is 0 Å². The summed E-state index contributed by atoms with van der Waals surface area (Å²) < 4.78 is 0. The number of nitro benzene ring substituents is 1. The van der Waals surface area contributed by atoms with Crippen LogP contribution in [0, 0.1) is 16.0 Å². The lowest BCUT2D eigenvalue weighted by Gasteiger charge is -2.24. The SMILES string of the molecule is O=C1CNC(c2ccc([N+](=O)[O-])cc2)N1CCCC1CC1. The Kier molecular flexibility index (Phi) is 3.88. The summed E-state index contributed by atoms with van der Waals surface area (Å²) in [6.45, 7) is 1.09. The van der Waals surface area contributed by atoms with E-state index in [0.29, 0.717) is 6.54 Å². The number of nitro groups is 1. The largest absolute Gasteiger partial charge is 0.322 e. The highest BCUT2D eigenvalue weighted by Crippen LogP contribution is 2.34. The molecule has 1 saturated heterocycles. The van der Waals surface area contributed by atoms with E-state index < -0.39 is 4.92 Å². The van der Waals surface area contributed by atoms with Crippen molar-refractivity contribution in [2.45, 2.75) is 31.8 Å². The van der Waals surface area contributed by atoms with Crippen LogP contribution in [0.3, 0.4) is 0 Å². The first-order chi connectivity index (χ1) is 10.1. The molecule has 21 heavy (non-hydrogen) atoms. The standard InChI is InChI=1S/C15H19N3O3/c19-14-10-16-15(17(14)9-1-2-11-3-4-11)12-5-7-13(8-6-12)18(20)21/h5-8,11,15-16H,1-4,9-10H2. The number of rotatable bonds is 6. The van der Waals surface area contributed by atoms with Gasteiger partial charge in [0.2, 0.25) is 5.91 Å². The van der Waals surface area contributed by atoms with Gasteiger partial charge in [0, 0.05) is 18.7 Å². The number of non-ortho nitro benzene ring substituents is 1. The number of nitrogens with one attached hydrogen (secondary N) is 1. The quantitative estimate of drug-likeness (QED) is 0.643. The van der Waals surface area contributed by atoms with Crippen molar-refractivity contribution in [1.29, 1.82) is 0 Å². The van der Waals surface area contributed by atoms with Crippen LogP contribution in [0.15, 0.2) is 24.3 Å². The molecule has 2 aliphatic rings. The Balaban J connectivity index is 1.66. The van der Waals surface area contributed by atoms with Gasteiger partial charge < -0.3 is 4.90 Å². The average Bonchev–Trinajstić information content (AvgIpc) is 3.23. The smallest absolute Gasteiger partial charge is 0.269 e. The maximum Gasteiger partial charge on any atom is 0.269 e. The van der Waals surface area contributed by atoms with Crippen LogP contribution < -0.4 is 5.32 Å². The van der Waals surface area contributed by atoms with Gasteiger partial charge in [-0.15, -0.1) is 0 Å². The molecule has 0 spiro atoms. The van der Waals surface area contributed by atoms with E-state index in [2.05, 4.69) is 5.32 Å². The predicted molar refractivity (Wildman–Crippen MR) is 77.5 cm³/mol. The summed E-state index contributed by atoms with van der Waals surface area (Å²) in [6, 6.07) is 6.43. The van der Waals surface area contributed by atoms with Gasteiger partial charge in [-0.3, -0.25) is 20.2 Å². The minimum absolute atomic E-state index is 0.0726. The van der Waals surface area contributed by atoms with E-state index >= 15 is 0 Å². The number of carbonyl (C=O) groups is 1. The fourth-order valence-corrected chi connectivity index (χ4v) is 2.83. The van der Waals surface area contributed by atoms with Gasteiger partial charge in [0.1, 0.15) is 6.17 Å². The van der Waals surface area contributed by atoms with E-state index in [0.717, 1.165) is 24.4 Å². The Hall–Kier alpha value is -1.95. The van der Waals surface area contributed by atoms with E-state index in [-0.39, 0.29) is 17.8 Å². The zero-order chi connectivity index (χ0) is 14.8. The van der Waals surface area contributed by atoms with Crippen molar-refractivity contribution in [3.63, 3.8) is 0 Å². The fourth-order valence-electron chi connectivity index (χ4n) is 2.83. The third-order valence-corrected chi connectivity index (χ3v) is 4.21. The van der Waals surface area contributed by atoms with Crippen LogP contribution in [-0.2, 0) is 4.79 Å². The van der Waals surface area contributed by atoms with E-state index in [4.69, 9.17) is 0 Å². The second-order valence-electron chi connectivity index (χ2n) is 5.80. The number of hydrogen-bond donors (Lipinski definition) is 1. The molecule has 1 N–H and O–H groups in total. The molecular weight excluding hydrogens is 270 g/mol. The maximum absolute atomic E-state index is 12.0. The van der Waals surface area contributed by atoms with Crippen LogP contribution in [0.1, 0.15) is 37.4 Å². The van der Waals surface area contributed by atoms with E-state index in [1.165, 1.54) is 31.4 Å². The number of nitrogens with zero attached hydrogens (tertiary/aromatic N) is 2. The molecule has 1 aromatic rings. The molecule has 6 nitrogen and oxygen atoms in total. The Bertz CT molecular complexity index is 540. The molecule has 1 unspecified atom stereocenters. The first kappa shape index (κ1) is 14.0. The van der Waals surface area contributed by atoms with Crippen molar-refractivity contribution < 1.29 is 9.72 Å². The molecule has 1 heterocycles. The fraction of sp³-hybridized carbons (Fsp3) is 0.533. The first-order valence-corrected chi connectivity index (χ1v) is 7.42. The lowest BCUT2D eigenvalue weighted by atomic mass is 10.1. The summed E-state index contributed by atoms with van der Waals surface area (Å²) in [6.07, 6.45) is 4.73. The van der Waals surface area contributed by atoms with E-state index in [9.17, 15) is 14.9 Å². The van der Waals surface area contributed by atoms with Crippen molar-refractivity contribution in [3.05, 3.63) is 39.9 Å². The molecule has 1 saturated carbocycles. The Morgan fingerprint density at radius 2 is 2.00 bits per heavy atom. The third kappa shape index (κ3) is 3.21.